The Morgan fingerprint density at radius 3 is 2.70 bits per heavy atom. The molecule has 0 radical (unpaired) electrons. The number of ether oxygens (including phenoxy) is 2. The number of carbonyl (C=O) groups is 1. The maximum atomic E-state index is 13.2. The smallest absolute Gasteiger partial charge is 0.272 e. The van der Waals surface area contributed by atoms with Crippen LogP contribution in [0, 0.1) is 0 Å². The molecule has 1 saturated carbocycles. The molecule has 6 heteroatoms. The highest BCUT2D eigenvalue weighted by Gasteiger charge is 2.34. The number of carbonyl (C=O) groups excluding carboxylic acids is 1. The Balaban J connectivity index is 1.48. The third kappa shape index (κ3) is 4.89. The van der Waals surface area contributed by atoms with Crippen molar-refractivity contribution < 1.29 is 14.3 Å². The highest BCUT2D eigenvalue weighted by molar-refractivity contribution is 5.93. The van der Waals surface area contributed by atoms with E-state index in [1.807, 2.05) is 72.5 Å². The van der Waals surface area contributed by atoms with E-state index in [1.165, 1.54) is 0 Å². The maximum Gasteiger partial charge on any atom is 0.272 e. The summed E-state index contributed by atoms with van der Waals surface area (Å²) in [6.45, 7) is 3.04. The van der Waals surface area contributed by atoms with Gasteiger partial charge in [0, 0.05) is 25.3 Å². The summed E-state index contributed by atoms with van der Waals surface area (Å²) in [6.07, 6.45) is 2.03. The minimum absolute atomic E-state index is 0.0220. The minimum atomic E-state index is -0.0344. The van der Waals surface area contributed by atoms with Gasteiger partial charge in [0.25, 0.3) is 5.91 Å². The quantitative estimate of drug-likeness (QED) is 0.577. The van der Waals surface area contributed by atoms with Gasteiger partial charge in [-0.05, 0) is 43.5 Å². The summed E-state index contributed by atoms with van der Waals surface area (Å²) in [5.41, 5.74) is 3.32. The molecule has 0 bridgehead atoms. The largest absolute Gasteiger partial charge is 0.488 e. The Kier molecular flexibility index (Phi) is 6.14. The Bertz CT molecular complexity index is 982. The van der Waals surface area contributed by atoms with E-state index in [0.717, 1.165) is 35.4 Å². The van der Waals surface area contributed by atoms with Gasteiger partial charge in [-0.1, -0.05) is 42.5 Å². The summed E-state index contributed by atoms with van der Waals surface area (Å²) in [5.74, 6) is 0.763. The third-order valence-corrected chi connectivity index (χ3v) is 5.12. The van der Waals surface area contributed by atoms with E-state index in [1.54, 1.807) is 7.11 Å². The molecule has 1 aromatic heterocycles. The molecule has 1 heterocycles. The molecule has 30 heavy (non-hydrogen) atoms. The monoisotopic (exact) mass is 405 g/mol. The number of nitrogens with one attached hydrogen (secondary N) is 1. The number of hydrogen-bond donors (Lipinski definition) is 1. The molecule has 1 fully saturated rings. The van der Waals surface area contributed by atoms with Crippen LogP contribution in [-0.2, 0) is 11.3 Å². The molecule has 1 atom stereocenters. The molecular formula is C24H27N3O3. The SMILES string of the molecule is COC[C@H](C)Oc1cccc(CN(C(=O)c2cc(-c3ccccc3)n[nH]2)C2CC2)c1. The average molecular weight is 405 g/mol. The first-order valence-electron chi connectivity index (χ1n) is 10.3. The summed E-state index contributed by atoms with van der Waals surface area (Å²) in [4.78, 5) is 15.2. The lowest BCUT2D eigenvalue weighted by molar-refractivity contribution is 0.0723. The fourth-order valence-corrected chi connectivity index (χ4v) is 3.51. The number of aromatic amines is 1. The number of H-pyrrole nitrogens is 1. The number of hydrogen-bond acceptors (Lipinski definition) is 4. The van der Waals surface area contributed by atoms with E-state index < -0.39 is 0 Å². The van der Waals surface area contributed by atoms with Gasteiger partial charge in [0.1, 0.15) is 17.5 Å². The normalized spacial score (nSPS) is 14.3. The minimum Gasteiger partial charge on any atom is -0.488 e. The molecule has 1 N–H and O–H groups in total. The van der Waals surface area contributed by atoms with E-state index in [0.29, 0.717) is 18.8 Å². The van der Waals surface area contributed by atoms with E-state index >= 15 is 0 Å². The molecule has 0 saturated heterocycles. The second-order valence-electron chi connectivity index (χ2n) is 7.73. The van der Waals surface area contributed by atoms with Gasteiger partial charge < -0.3 is 14.4 Å². The van der Waals surface area contributed by atoms with Crippen molar-refractivity contribution in [2.24, 2.45) is 0 Å². The molecule has 1 amide bonds. The van der Waals surface area contributed by atoms with Crippen LogP contribution in [0.4, 0.5) is 0 Å². The van der Waals surface area contributed by atoms with Gasteiger partial charge in [0.2, 0.25) is 0 Å². The van der Waals surface area contributed by atoms with Gasteiger partial charge in [-0.3, -0.25) is 9.89 Å². The van der Waals surface area contributed by atoms with Crippen LogP contribution in [0.2, 0.25) is 0 Å². The summed E-state index contributed by atoms with van der Waals surface area (Å²) >= 11 is 0. The summed E-state index contributed by atoms with van der Waals surface area (Å²) in [6, 6.07) is 19.9. The average Bonchev–Trinajstić information content (AvgIpc) is 3.48. The van der Waals surface area contributed by atoms with Crippen LogP contribution in [0.5, 0.6) is 5.75 Å². The second-order valence-corrected chi connectivity index (χ2v) is 7.73. The number of nitrogens with zero attached hydrogens (tertiary/aromatic N) is 2. The number of rotatable bonds is 9. The van der Waals surface area contributed by atoms with E-state index in [-0.39, 0.29) is 18.1 Å². The van der Waals surface area contributed by atoms with Crippen molar-refractivity contribution in [3.8, 4) is 17.0 Å². The first-order valence-corrected chi connectivity index (χ1v) is 10.3. The van der Waals surface area contributed by atoms with Crippen molar-refractivity contribution in [1.29, 1.82) is 0 Å². The topological polar surface area (TPSA) is 67.5 Å². The molecule has 1 aliphatic rings. The van der Waals surface area contributed by atoms with Gasteiger partial charge in [-0.25, -0.2) is 0 Å². The fraction of sp³-hybridized carbons (Fsp3) is 0.333. The Labute approximate surface area is 176 Å². The van der Waals surface area contributed by atoms with Crippen LogP contribution in [0.3, 0.4) is 0 Å². The standard InChI is InChI=1S/C24H27N3O3/c1-17(16-29-2)30-21-10-6-7-18(13-21)15-27(20-11-12-20)24(28)23-14-22(25-26-23)19-8-4-3-5-9-19/h3-10,13-14,17,20H,11-12,15-16H2,1-2H3,(H,25,26)/t17-/m0/s1. The van der Waals surface area contributed by atoms with Crippen molar-refractivity contribution in [1.82, 2.24) is 15.1 Å². The molecule has 4 rings (SSSR count). The van der Waals surface area contributed by atoms with Crippen LogP contribution < -0.4 is 4.74 Å². The number of amides is 1. The first kappa shape index (κ1) is 20.2. The Hall–Kier alpha value is -3.12. The zero-order valence-corrected chi connectivity index (χ0v) is 17.4. The van der Waals surface area contributed by atoms with Crippen molar-refractivity contribution in [3.05, 3.63) is 71.9 Å². The van der Waals surface area contributed by atoms with Gasteiger partial charge in [0.05, 0.1) is 12.3 Å². The molecule has 3 aromatic rings. The first-order chi connectivity index (χ1) is 14.6. The lowest BCUT2D eigenvalue weighted by Gasteiger charge is -2.22. The van der Waals surface area contributed by atoms with E-state index in [2.05, 4.69) is 10.2 Å². The fourth-order valence-electron chi connectivity index (χ4n) is 3.51. The number of methoxy groups -OCH3 is 1. The van der Waals surface area contributed by atoms with E-state index in [4.69, 9.17) is 9.47 Å². The maximum absolute atomic E-state index is 13.2. The van der Waals surface area contributed by atoms with Crippen LogP contribution in [0.15, 0.2) is 60.7 Å². The van der Waals surface area contributed by atoms with E-state index in [9.17, 15) is 4.79 Å². The molecule has 1 aliphatic carbocycles. The molecule has 0 spiro atoms. The second kappa shape index (κ2) is 9.13. The Morgan fingerprint density at radius 2 is 1.97 bits per heavy atom. The Morgan fingerprint density at radius 1 is 1.17 bits per heavy atom. The van der Waals surface area contributed by atoms with Crippen molar-refractivity contribution >= 4 is 5.91 Å². The van der Waals surface area contributed by atoms with Gasteiger partial charge in [-0.2, -0.15) is 5.10 Å². The summed E-state index contributed by atoms with van der Waals surface area (Å²) in [7, 11) is 1.66. The number of aromatic nitrogens is 2. The van der Waals surface area contributed by atoms with Crippen LogP contribution >= 0.6 is 0 Å². The molecule has 6 nitrogen and oxygen atoms in total. The molecule has 0 unspecified atom stereocenters. The van der Waals surface area contributed by atoms with Crippen LogP contribution in [0.1, 0.15) is 35.8 Å². The van der Waals surface area contributed by atoms with Crippen LogP contribution in [0.25, 0.3) is 11.3 Å². The summed E-state index contributed by atoms with van der Waals surface area (Å²) in [5, 5.41) is 7.26. The lowest BCUT2D eigenvalue weighted by atomic mass is 10.1. The summed E-state index contributed by atoms with van der Waals surface area (Å²) < 4.78 is 11.0. The number of benzene rings is 2. The molecule has 2 aromatic carbocycles. The van der Waals surface area contributed by atoms with Gasteiger partial charge in [0.15, 0.2) is 0 Å². The highest BCUT2D eigenvalue weighted by atomic mass is 16.5. The van der Waals surface area contributed by atoms with Gasteiger partial charge in [-0.15, -0.1) is 0 Å². The predicted octanol–water partition coefficient (Wildman–Crippen LogP) is 4.30. The van der Waals surface area contributed by atoms with Crippen molar-refractivity contribution in [2.45, 2.75) is 38.5 Å². The van der Waals surface area contributed by atoms with Crippen LogP contribution in [-0.4, -0.2) is 46.9 Å². The molecule has 0 aliphatic heterocycles. The van der Waals surface area contributed by atoms with Gasteiger partial charge >= 0.3 is 0 Å². The lowest BCUT2D eigenvalue weighted by Crippen LogP contribution is -2.32. The predicted molar refractivity (Wildman–Crippen MR) is 115 cm³/mol. The van der Waals surface area contributed by atoms with Crippen molar-refractivity contribution in [3.63, 3.8) is 0 Å². The van der Waals surface area contributed by atoms with Crippen molar-refractivity contribution in [2.75, 3.05) is 13.7 Å². The molecule has 156 valence electrons. The zero-order chi connectivity index (χ0) is 20.9. The highest BCUT2D eigenvalue weighted by Crippen LogP contribution is 2.31. The third-order valence-electron chi connectivity index (χ3n) is 5.12. The zero-order valence-electron chi connectivity index (χ0n) is 17.4. The molecular weight excluding hydrogens is 378 g/mol.